The van der Waals surface area contributed by atoms with Crippen LogP contribution in [0.15, 0.2) is 47.6 Å². The van der Waals surface area contributed by atoms with E-state index in [1.807, 2.05) is 25.1 Å². The highest BCUT2D eigenvalue weighted by atomic mass is 16.5. The maximum absolute atomic E-state index is 10.7. The van der Waals surface area contributed by atoms with Gasteiger partial charge in [-0.1, -0.05) is 31.4 Å². The van der Waals surface area contributed by atoms with Crippen molar-refractivity contribution in [2.75, 3.05) is 19.8 Å². The molecule has 0 aliphatic heterocycles. The van der Waals surface area contributed by atoms with Gasteiger partial charge in [-0.3, -0.25) is 0 Å². The fraction of sp³-hybridized carbons (Fsp3) is 0.417. The van der Waals surface area contributed by atoms with Crippen LogP contribution in [0.3, 0.4) is 0 Å². The molecule has 1 aliphatic carbocycles. The topological polar surface area (TPSA) is 95.2 Å². The van der Waals surface area contributed by atoms with Gasteiger partial charge in [-0.05, 0) is 67.1 Å². The van der Waals surface area contributed by atoms with E-state index in [2.05, 4.69) is 22.7 Å². The van der Waals surface area contributed by atoms with Crippen LogP contribution < -0.4 is 25.4 Å². The van der Waals surface area contributed by atoms with E-state index in [0.717, 1.165) is 11.3 Å². The first-order valence-electron chi connectivity index (χ1n) is 10.9. The van der Waals surface area contributed by atoms with Crippen molar-refractivity contribution in [3.8, 4) is 17.2 Å². The molecule has 0 aromatic heterocycles. The van der Waals surface area contributed by atoms with Crippen LogP contribution in [0.5, 0.6) is 17.2 Å². The number of ether oxygens (including phenoxy) is 3. The summed E-state index contributed by atoms with van der Waals surface area (Å²) >= 11 is 0. The van der Waals surface area contributed by atoms with Crippen LogP contribution in [-0.2, 0) is 0 Å². The fourth-order valence-electron chi connectivity index (χ4n) is 3.75. The Balaban J connectivity index is 1.49. The number of primary amides is 1. The molecule has 7 heteroatoms. The normalized spacial score (nSPS) is 14.4. The summed E-state index contributed by atoms with van der Waals surface area (Å²) in [6, 6.07) is 13.2. The van der Waals surface area contributed by atoms with Crippen molar-refractivity contribution in [1.29, 1.82) is 0 Å². The molecule has 31 heavy (non-hydrogen) atoms. The van der Waals surface area contributed by atoms with Gasteiger partial charge in [0.05, 0.1) is 12.8 Å². The van der Waals surface area contributed by atoms with Crippen molar-refractivity contribution < 1.29 is 19.0 Å². The standard InChI is InChI=1S/C24H31N3O4/c1-2-29-23-16-18(17-26-27-24(25)28)8-13-22(23)31-15-14-30-21-11-9-20(10-12-21)19-6-4-3-5-7-19/h8-13,16-17,19H,2-7,14-15H2,1H3,(H3,25,27,28)/b26-17-. The van der Waals surface area contributed by atoms with Crippen LogP contribution in [0.25, 0.3) is 0 Å². The number of nitrogens with two attached hydrogens (primary N) is 1. The van der Waals surface area contributed by atoms with E-state index in [0.29, 0.717) is 37.2 Å². The number of benzene rings is 2. The summed E-state index contributed by atoms with van der Waals surface area (Å²) in [7, 11) is 0. The Morgan fingerprint density at radius 1 is 1.03 bits per heavy atom. The van der Waals surface area contributed by atoms with Crippen LogP contribution >= 0.6 is 0 Å². The Kier molecular flexibility index (Phi) is 8.58. The van der Waals surface area contributed by atoms with E-state index >= 15 is 0 Å². The van der Waals surface area contributed by atoms with Gasteiger partial charge in [-0.25, -0.2) is 10.2 Å². The molecule has 3 N–H and O–H groups in total. The Hall–Kier alpha value is -3.22. The first-order chi connectivity index (χ1) is 15.2. The number of nitrogens with one attached hydrogen (secondary N) is 1. The molecule has 0 radical (unpaired) electrons. The largest absolute Gasteiger partial charge is 0.490 e. The SMILES string of the molecule is CCOc1cc(/C=N\NC(N)=O)ccc1OCCOc1ccc(C2CCCCC2)cc1. The number of carbonyl (C=O) groups is 1. The summed E-state index contributed by atoms with van der Waals surface area (Å²) in [4.78, 5) is 10.7. The molecule has 3 rings (SSSR count). The van der Waals surface area contributed by atoms with Gasteiger partial charge >= 0.3 is 6.03 Å². The number of hydrogen-bond donors (Lipinski definition) is 2. The quantitative estimate of drug-likeness (QED) is 0.331. The molecule has 0 spiro atoms. The predicted octanol–water partition coefficient (Wildman–Crippen LogP) is 4.59. The minimum atomic E-state index is -0.718. The van der Waals surface area contributed by atoms with Gasteiger partial charge in [-0.15, -0.1) is 0 Å². The molecule has 0 unspecified atom stereocenters. The highest BCUT2D eigenvalue weighted by molar-refractivity contribution is 5.82. The molecule has 1 aliphatic rings. The molecule has 7 nitrogen and oxygen atoms in total. The van der Waals surface area contributed by atoms with Crippen molar-refractivity contribution in [2.45, 2.75) is 44.9 Å². The lowest BCUT2D eigenvalue weighted by atomic mass is 9.84. The van der Waals surface area contributed by atoms with Crippen LogP contribution in [-0.4, -0.2) is 32.1 Å². The molecule has 0 heterocycles. The predicted molar refractivity (Wildman–Crippen MR) is 121 cm³/mol. The van der Waals surface area contributed by atoms with Crippen molar-refractivity contribution in [1.82, 2.24) is 5.43 Å². The second-order valence-electron chi connectivity index (χ2n) is 7.47. The zero-order valence-electron chi connectivity index (χ0n) is 18.0. The molecule has 2 amide bonds. The second-order valence-corrected chi connectivity index (χ2v) is 7.47. The number of nitrogens with zero attached hydrogens (tertiary/aromatic N) is 1. The molecular weight excluding hydrogens is 394 g/mol. The first kappa shape index (κ1) is 22.5. The lowest BCUT2D eigenvalue weighted by molar-refractivity contribution is 0.208. The third-order valence-corrected chi connectivity index (χ3v) is 5.22. The Labute approximate surface area is 183 Å². The zero-order valence-corrected chi connectivity index (χ0v) is 18.0. The molecule has 166 valence electrons. The lowest BCUT2D eigenvalue weighted by Gasteiger charge is -2.22. The molecule has 2 aromatic rings. The molecule has 0 saturated heterocycles. The number of carbonyl (C=O) groups excluding carboxylic acids is 1. The number of amides is 2. The molecular formula is C24H31N3O4. The second kappa shape index (κ2) is 11.8. The van der Waals surface area contributed by atoms with E-state index in [9.17, 15) is 4.79 Å². The molecule has 1 saturated carbocycles. The number of hydrogen-bond acceptors (Lipinski definition) is 5. The van der Waals surface area contributed by atoms with Gasteiger partial charge in [-0.2, -0.15) is 5.10 Å². The summed E-state index contributed by atoms with van der Waals surface area (Å²) in [5.74, 6) is 2.77. The third kappa shape index (κ3) is 7.20. The van der Waals surface area contributed by atoms with E-state index in [1.54, 1.807) is 12.1 Å². The maximum Gasteiger partial charge on any atom is 0.332 e. The Morgan fingerprint density at radius 3 is 2.48 bits per heavy atom. The van der Waals surface area contributed by atoms with Gasteiger partial charge in [0.2, 0.25) is 0 Å². The van der Waals surface area contributed by atoms with Crippen LogP contribution in [0.4, 0.5) is 4.79 Å². The van der Waals surface area contributed by atoms with Gasteiger partial charge in [0, 0.05) is 0 Å². The summed E-state index contributed by atoms with van der Waals surface area (Å²) in [6.45, 7) is 3.22. The average molecular weight is 426 g/mol. The highest BCUT2D eigenvalue weighted by Gasteiger charge is 2.15. The minimum Gasteiger partial charge on any atom is -0.490 e. The van der Waals surface area contributed by atoms with E-state index in [-0.39, 0.29) is 0 Å². The summed E-state index contributed by atoms with van der Waals surface area (Å²) in [6.07, 6.45) is 8.11. The third-order valence-electron chi connectivity index (χ3n) is 5.22. The minimum absolute atomic E-state index is 0.390. The van der Waals surface area contributed by atoms with Crippen LogP contribution in [0.2, 0.25) is 0 Å². The molecule has 0 atom stereocenters. The zero-order chi connectivity index (χ0) is 21.9. The van der Waals surface area contributed by atoms with Gasteiger partial charge < -0.3 is 19.9 Å². The highest BCUT2D eigenvalue weighted by Crippen LogP contribution is 2.33. The number of urea groups is 1. The summed E-state index contributed by atoms with van der Waals surface area (Å²) in [5, 5.41) is 3.75. The number of hydrazone groups is 1. The van der Waals surface area contributed by atoms with Crippen LogP contribution in [0, 0.1) is 0 Å². The summed E-state index contributed by atoms with van der Waals surface area (Å²) < 4.78 is 17.3. The van der Waals surface area contributed by atoms with Crippen molar-refractivity contribution >= 4 is 12.2 Å². The van der Waals surface area contributed by atoms with Crippen molar-refractivity contribution in [3.05, 3.63) is 53.6 Å². The van der Waals surface area contributed by atoms with E-state index in [4.69, 9.17) is 19.9 Å². The smallest absolute Gasteiger partial charge is 0.332 e. The van der Waals surface area contributed by atoms with E-state index in [1.165, 1.54) is 43.9 Å². The average Bonchev–Trinajstić information content (AvgIpc) is 2.79. The van der Waals surface area contributed by atoms with Gasteiger partial charge in [0.25, 0.3) is 0 Å². The molecule has 1 fully saturated rings. The maximum atomic E-state index is 10.7. The van der Waals surface area contributed by atoms with Crippen molar-refractivity contribution in [3.63, 3.8) is 0 Å². The number of rotatable bonds is 10. The fourth-order valence-corrected chi connectivity index (χ4v) is 3.75. The monoisotopic (exact) mass is 425 g/mol. The summed E-state index contributed by atoms with van der Waals surface area (Å²) in [5.41, 5.74) is 9.31. The Morgan fingerprint density at radius 2 is 1.77 bits per heavy atom. The molecule has 2 aromatic carbocycles. The lowest BCUT2D eigenvalue weighted by Crippen LogP contribution is -2.24. The van der Waals surface area contributed by atoms with Crippen LogP contribution in [0.1, 0.15) is 56.1 Å². The molecule has 0 bridgehead atoms. The van der Waals surface area contributed by atoms with Crippen molar-refractivity contribution in [2.24, 2.45) is 10.8 Å². The Bertz CT molecular complexity index is 862. The van der Waals surface area contributed by atoms with Gasteiger partial charge in [0.1, 0.15) is 19.0 Å². The van der Waals surface area contributed by atoms with E-state index < -0.39 is 6.03 Å². The first-order valence-corrected chi connectivity index (χ1v) is 10.9. The van der Waals surface area contributed by atoms with Gasteiger partial charge in [0.15, 0.2) is 11.5 Å².